The van der Waals surface area contributed by atoms with Gasteiger partial charge in [0, 0.05) is 6.42 Å². The molecule has 0 spiro atoms. The maximum absolute atomic E-state index is 11.9. The molecule has 0 saturated heterocycles. The standard InChI is InChI=1S/C21H27NO/c1-3-13-10-14-11-16(23)5-6-17(14)18-8-9-21(2)15(12-22)4-7-19(21)20(13)18/h3,11,13,15,17-20H,1,4-10H2,2H3/t13-,15+,17-,18+,19-,20+,21+/m0/s1. The molecule has 0 heterocycles. The van der Waals surface area contributed by atoms with E-state index in [1.54, 1.807) is 0 Å². The number of nitrogens with zero attached hydrogens (tertiary/aromatic N) is 1. The summed E-state index contributed by atoms with van der Waals surface area (Å²) in [5.74, 6) is 3.75. The van der Waals surface area contributed by atoms with Gasteiger partial charge in [0.05, 0.1) is 12.0 Å². The van der Waals surface area contributed by atoms with Crippen LogP contribution in [0.3, 0.4) is 0 Å². The monoisotopic (exact) mass is 309 g/mol. The molecular formula is C21H27NO. The molecular weight excluding hydrogens is 282 g/mol. The normalized spacial score (nSPS) is 48.5. The quantitative estimate of drug-likeness (QED) is 0.660. The third kappa shape index (κ3) is 2.09. The second-order valence-electron chi connectivity index (χ2n) is 8.59. The Hall–Kier alpha value is -1.36. The average Bonchev–Trinajstić information content (AvgIpc) is 2.89. The van der Waals surface area contributed by atoms with Gasteiger partial charge in [-0.2, -0.15) is 5.26 Å². The van der Waals surface area contributed by atoms with Crippen molar-refractivity contribution in [3.8, 4) is 6.07 Å². The summed E-state index contributed by atoms with van der Waals surface area (Å²) in [5.41, 5.74) is 1.62. The molecule has 0 unspecified atom stereocenters. The van der Waals surface area contributed by atoms with Gasteiger partial charge in [-0.05, 0) is 79.6 Å². The molecule has 0 aromatic carbocycles. The number of carbonyl (C=O) groups is 1. The van der Waals surface area contributed by atoms with E-state index in [2.05, 4.69) is 25.6 Å². The maximum atomic E-state index is 11.9. The van der Waals surface area contributed by atoms with Crippen LogP contribution in [0.4, 0.5) is 0 Å². The number of nitriles is 1. The number of allylic oxidation sites excluding steroid dienone is 2. The molecule has 3 saturated carbocycles. The van der Waals surface area contributed by atoms with Gasteiger partial charge in [0.1, 0.15) is 0 Å². The number of ketones is 1. The topological polar surface area (TPSA) is 40.9 Å². The summed E-state index contributed by atoms with van der Waals surface area (Å²) in [6.45, 7) is 6.51. The van der Waals surface area contributed by atoms with Crippen molar-refractivity contribution in [1.82, 2.24) is 0 Å². The minimum atomic E-state index is 0.211. The number of carbonyl (C=O) groups excluding carboxylic acids is 1. The predicted octanol–water partition coefficient (Wildman–Crippen LogP) is 4.68. The first-order chi connectivity index (χ1) is 11.1. The summed E-state index contributed by atoms with van der Waals surface area (Å²) in [6.07, 6.45) is 11.7. The molecule has 4 aliphatic carbocycles. The van der Waals surface area contributed by atoms with Crippen LogP contribution in [0.15, 0.2) is 24.3 Å². The Bertz CT molecular complexity index is 612. The molecule has 2 heteroatoms. The van der Waals surface area contributed by atoms with E-state index in [-0.39, 0.29) is 11.3 Å². The Balaban J connectivity index is 1.71. The van der Waals surface area contributed by atoms with E-state index in [1.807, 2.05) is 6.08 Å². The lowest BCUT2D eigenvalue weighted by Gasteiger charge is -2.55. The number of fused-ring (bicyclic) bond motifs is 5. The summed E-state index contributed by atoms with van der Waals surface area (Å²) in [4.78, 5) is 11.9. The molecule has 2 nitrogen and oxygen atoms in total. The summed E-state index contributed by atoms with van der Waals surface area (Å²) < 4.78 is 0. The Morgan fingerprint density at radius 1 is 1.35 bits per heavy atom. The van der Waals surface area contributed by atoms with E-state index >= 15 is 0 Å². The Morgan fingerprint density at radius 2 is 2.17 bits per heavy atom. The molecule has 23 heavy (non-hydrogen) atoms. The van der Waals surface area contributed by atoms with Gasteiger partial charge in [0.2, 0.25) is 0 Å². The first kappa shape index (κ1) is 15.2. The summed E-state index contributed by atoms with van der Waals surface area (Å²) in [5, 5.41) is 9.59. The van der Waals surface area contributed by atoms with Crippen LogP contribution in [0.25, 0.3) is 0 Å². The highest BCUT2D eigenvalue weighted by molar-refractivity contribution is 5.91. The molecule has 4 rings (SSSR count). The van der Waals surface area contributed by atoms with Crippen molar-refractivity contribution in [2.75, 3.05) is 0 Å². The SMILES string of the molecule is C=C[C@H]1CC2=CC(=O)CC[C@@H]2[C@H]2CC[C@]3(C)[C@@H](C#N)CC[C@H]3[C@@H]21. The number of hydrogen-bond donors (Lipinski definition) is 0. The molecule has 0 amide bonds. The average molecular weight is 309 g/mol. The fourth-order valence-corrected chi connectivity index (χ4v) is 6.74. The summed E-state index contributed by atoms with van der Waals surface area (Å²) in [6, 6.07) is 2.61. The predicted molar refractivity (Wildman–Crippen MR) is 90.3 cm³/mol. The second kappa shape index (κ2) is 5.33. The van der Waals surface area contributed by atoms with Gasteiger partial charge in [-0.25, -0.2) is 0 Å². The van der Waals surface area contributed by atoms with Crippen LogP contribution in [-0.4, -0.2) is 5.78 Å². The van der Waals surface area contributed by atoms with E-state index < -0.39 is 0 Å². The van der Waals surface area contributed by atoms with E-state index in [4.69, 9.17) is 0 Å². The van der Waals surface area contributed by atoms with E-state index in [0.717, 1.165) is 25.7 Å². The molecule has 0 bridgehead atoms. The van der Waals surface area contributed by atoms with Gasteiger partial charge in [0.25, 0.3) is 0 Å². The highest BCUT2D eigenvalue weighted by atomic mass is 16.1. The van der Waals surface area contributed by atoms with Crippen LogP contribution in [0, 0.1) is 52.3 Å². The largest absolute Gasteiger partial charge is 0.295 e. The molecule has 0 radical (unpaired) electrons. The molecule has 4 aliphatic rings. The van der Waals surface area contributed by atoms with Crippen molar-refractivity contribution >= 4 is 5.78 Å². The zero-order valence-corrected chi connectivity index (χ0v) is 14.1. The number of rotatable bonds is 1. The molecule has 3 fully saturated rings. The zero-order valence-electron chi connectivity index (χ0n) is 14.1. The highest BCUT2D eigenvalue weighted by Crippen LogP contribution is 2.64. The van der Waals surface area contributed by atoms with Gasteiger partial charge in [-0.3, -0.25) is 4.79 Å². The minimum absolute atomic E-state index is 0.211. The van der Waals surface area contributed by atoms with Crippen molar-refractivity contribution in [2.45, 2.75) is 51.9 Å². The van der Waals surface area contributed by atoms with Gasteiger partial charge in [0.15, 0.2) is 5.78 Å². The third-order valence-electron chi connectivity index (χ3n) is 7.85. The van der Waals surface area contributed by atoms with Crippen molar-refractivity contribution in [3.63, 3.8) is 0 Å². The van der Waals surface area contributed by atoms with E-state index in [9.17, 15) is 10.1 Å². The van der Waals surface area contributed by atoms with Gasteiger partial charge in [-0.15, -0.1) is 6.58 Å². The number of hydrogen-bond acceptors (Lipinski definition) is 2. The second-order valence-corrected chi connectivity index (χ2v) is 8.59. The first-order valence-corrected chi connectivity index (χ1v) is 9.34. The van der Waals surface area contributed by atoms with Crippen LogP contribution in [-0.2, 0) is 4.79 Å². The lowest BCUT2D eigenvalue weighted by atomic mass is 9.49. The van der Waals surface area contributed by atoms with Gasteiger partial charge < -0.3 is 0 Å². The Labute approximate surface area is 139 Å². The van der Waals surface area contributed by atoms with Crippen molar-refractivity contribution in [2.24, 2.45) is 40.9 Å². The van der Waals surface area contributed by atoms with Crippen molar-refractivity contribution < 1.29 is 4.79 Å². The fourth-order valence-electron chi connectivity index (χ4n) is 6.74. The molecule has 122 valence electrons. The van der Waals surface area contributed by atoms with Crippen LogP contribution in [0.1, 0.15) is 51.9 Å². The smallest absolute Gasteiger partial charge is 0.155 e. The third-order valence-corrected chi connectivity index (χ3v) is 7.85. The summed E-state index contributed by atoms with van der Waals surface area (Å²) >= 11 is 0. The Morgan fingerprint density at radius 3 is 2.91 bits per heavy atom. The molecule has 0 aromatic rings. The van der Waals surface area contributed by atoms with E-state index in [0.29, 0.717) is 35.4 Å². The molecule has 0 aliphatic heterocycles. The first-order valence-electron chi connectivity index (χ1n) is 9.34. The summed E-state index contributed by atoms with van der Waals surface area (Å²) in [7, 11) is 0. The Kier molecular flexibility index (Phi) is 3.52. The fraction of sp³-hybridized carbons (Fsp3) is 0.714. The van der Waals surface area contributed by atoms with Gasteiger partial charge in [-0.1, -0.05) is 18.6 Å². The lowest BCUT2D eigenvalue weighted by Crippen LogP contribution is -2.49. The van der Waals surface area contributed by atoms with Crippen LogP contribution < -0.4 is 0 Å². The van der Waals surface area contributed by atoms with Crippen molar-refractivity contribution in [3.05, 3.63) is 24.3 Å². The molecule has 0 aromatic heterocycles. The highest BCUT2D eigenvalue weighted by Gasteiger charge is 2.58. The van der Waals surface area contributed by atoms with Gasteiger partial charge >= 0.3 is 0 Å². The molecule has 7 atom stereocenters. The maximum Gasteiger partial charge on any atom is 0.155 e. The van der Waals surface area contributed by atoms with Crippen LogP contribution >= 0.6 is 0 Å². The zero-order chi connectivity index (χ0) is 16.2. The molecule has 0 N–H and O–H groups in total. The van der Waals surface area contributed by atoms with Crippen LogP contribution in [0.5, 0.6) is 0 Å². The van der Waals surface area contributed by atoms with Crippen molar-refractivity contribution in [1.29, 1.82) is 5.26 Å². The lowest BCUT2D eigenvalue weighted by molar-refractivity contribution is -0.116. The van der Waals surface area contributed by atoms with E-state index in [1.165, 1.54) is 24.8 Å². The minimum Gasteiger partial charge on any atom is -0.295 e. The van der Waals surface area contributed by atoms with Crippen LogP contribution in [0.2, 0.25) is 0 Å².